The number of aliphatic hydroxyl groups is 9. The first kappa shape index (κ1) is 74.6. The minimum atomic E-state index is -2.68. The smallest absolute Gasteiger partial charge is 0.460 e. The van der Waals surface area contributed by atoms with Crippen LogP contribution >= 0.6 is 0 Å². The second-order valence-corrected chi connectivity index (χ2v) is 25.7. The summed E-state index contributed by atoms with van der Waals surface area (Å²) in [6, 6.07) is -1.27. The molecule has 0 aromatic carbocycles. The Balaban J connectivity index is 1.17. The van der Waals surface area contributed by atoms with Crippen LogP contribution in [0.4, 0.5) is 4.79 Å². The van der Waals surface area contributed by atoms with Crippen LogP contribution in [0.1, 0.15) is 126 Å². The molecule has 26 nitrogen and oxygen atoms in total. The molecular weight excluding hydrogens is 1180 g/mol. The summed E-state index contributed by atoms with van der Waals surface area (Å²) in [5.74, 6) is -12.1. The van der Waals surface area contributed by atoms with E-state index in [0.717, 1.165) is 10.5 Å². The van der Waals surface area contributed by atoms with Crippen molar-refractivity contribution in [3.8, 4) is 0 Å². The summed E-state index contributed by atoms with van der Waals surface area (Å²) >= 11 is 0. The van der Waals surface area contributed by atoms with E-state index in [-0.39, 0.29) is 55.6 Å². The topological polar surface area (TPSA) is 380 Å². The van der Waals surface area contributed by atoms with Crippen molar-refractivity contribution in [3.63, 3.8) is 0 Å². The Morgan fingerprint density at radius 3 is 2.18 bits per heavy atom. The number of amides is 1. The fourth-order valence-electron chi connectivity index (χ4n) is 13.1. The third kappa shape index (κ3) is 18.5. The third-order valence-corrected chi connectivity index (χ3v) is 18.9. The number of allylic oxidation sites excluding steroid dienone is 6. The minimum Gasteiger partial charge on any atom is -0.460 e. The fourth-order valence-corrected chi connectivity index (χ4v) is 13.1. The molecule has 5 fully saturated rings. The van der Waals surface area contributed by atoms with Gasteiger partial charge in [0.1, 0.15) is 79.0 Å². The van der Waals surface area contributed by atoms with Gasteiger partial charge < -0.3 is 98.2 Å². The number of cyclic esters (lactones) is 1. The van der Waals surface area contributed by atoms with E-state index in [2.05, 4.69) is 0 Å². The summed E-state index contributed by atoms with van der Waals surface area (Å²) in [7, 11) is 4.29. The molecule has 24 atom stereocenters. The molecule has 2 bridgehead atoms. The molecule has 26 heteroatoms. The molecule has 5 heterocycles. The van der Waals surface area contributed by atoms with Gasteiger partial charge in [0.15, 0.2) is 18.7 Å². The van der Waals surface area contributed by atoms with Gasteiger partial charge in [0, 0.05) is 58.5 Å². The molecule has 4 saturated heterocycles. The minimum absolute atomic E-state index is 0.00798. The van der Waals surface area contributed by atoms with Crippen LogP contribution in [0.25, 0.3) is 0 Å². The highest BCUT2D eigenvalue weighted by molar-refractivity contribution is 6.39. The van der Waals surface area contributed by atoms with Crippen LogP contribution in [0.2, 0.25) is 0 Å². The number of ether oxygens (including phenoxy) is 10. The lowest BCUT2D eigenvalue weighted by atomic mass is 9.78. The molecule has 1 aliphatic carbocycles. The van der Waals surface area contributed by atoms with Gasteiger partial charge in [-0.3, -0.25) is 19.2 Å². The van der Waals surface area contributed by atoms with Gasteiger partial charge >= 0.3 is 12.1 Å². The molecular formula is C64H99NO25. The van der Waals surface area contributed by atoms with Crippen LogP contribution in [0.3, 0.4) is 0 Å². The van der Waals surface area contributed by atoms with E-state index in [9.17, 15) is 74.7 Å². The maximum atomic E-state index is 14.7. The van der Waals surface area contributed by atoms with Crippen molar-refractivity contribution >= 4 is 35.4 Å². The number of carbonyl (C=O) groups is 6. The Morgan fingerprint density at radius 1 is 0.778 bits per heavy atom. The van der Waals surface area contributed by atoms with Crippen LogP contribution in [0.15, 0.2) is 47.6 Å². The number of esters is 1. The van der Waals surface area contributed by atoms with Crippen LogP contribution in [0, 0.1) is 35.5 Å². The molecule has 9 N–H and O–H groups in total. The number of ketones is 3. The fraction of sp³-hybridized carbons (Fsp3) is 0.781. The standard InChI is InChI=1S/C64H99NO25/c1-33-16-12-11-13-17-34(2)45(81-8)28-41-21-19-39(7)64(80,89-41)58(75)59(76)65-23-15-14-18-42(65)60(77)86-46(29-43(67)35(3)25-38(6)51(69)56(83-10)50(68)37(5)24-33)36(4)26-40-20-22-44(47(27-40)82-9)88-62(78)85-32-63(79)57(74)53(71)49(90-63)31-84-61-55(73)54(72)52(70)48(30-66)87-61/h11-13,16-17,25,33,35-37,39-42,44-49,51-57,61,66,69-74,79-80H,14-15,18-24,26-32H2,1-10H3/b13-11+,16-12-,34-17+,38-25+/t33-,35-,36-,37-,39-,40?,41+,42?,44-,45+,46+,47-,48-,49-,51-,52-,53-,54+,55-,56+,57+,61?,63-,64-/m1/s1. The van der Waals surface area contributed by atoms with Gasteiger partial charge in [-0.25, -0.2) is 9.59 Å². The predicted molar refractivity (Wildman–Crippen MR) is 317 cm³/mol. The summed E-state index contributed by atoms with van der Waals surface area (Å²) < 4.78 is 56.7. The molecule has 6 rings (SSSR count). The van der Waals surface area contributed by atoms with Gasteiger partial charge in [-0.1, -0.05) is 71.1 Å². The normalized spacial score (nSPS) is 42.6. The lowest BCUT2D eigenvalue weighted by Crippen LogP contribution is -2.61. The molecule has 0 spiro atoms. The Hall–Kier alpha value is -4.46. The SMILES string of the molecule is CO[C@H]1C[C@@H]2CC[C@@H](C)[C@@](O)(O2)C(=O)C(=O)N2CCCCC2C(=O)O[C@H]([C@H](C)CC2CC[C@@H](OC(=O)OC[C@@]3(O)O[C@H](COC4O[C@H](CO)[C@@H](O)[C@H](O)[C@H]4O)[C@@H](O)[C@@H]3O)[C@H](OC)C2)CC(=O)[C@H](C)/C=C(\C)[C@@H](O)[C@@H](OC)C(=O)[C@H](C)C[C@H](C)\C=C/C=C/C=C/1C. The van der Waals surface area contributed by atoms with E-state index in [4.69, 9.17) is 47.4 Å². The van der Waals surface area contributed by atoms with Crippen molar-refractivity contribution < 1.29 is 122 Å². The summed E-state index contributed by atoms with van der Waals surface area (Å²) in [6.45, 7) is 9.83. The Bertz CT molecular complexity index is 2540. The summed E-state index contributed by atoms with van der Waals surface area (Å²) in [5, 5.41) is 96.3. The predicted octanol–water partition coefficient (Wildman–Crippen LogP) is 1.97. The van der Waals surface area contributed by atoms with Gasteiger partial charge in [0.25, 0.3) is 11.7 Å². The van der Waals surface area contributed by atoms with E-state index >= 15 is 0 Å². The largest absolute Gasteiger partial charge is 0.508 e. The van der Waals surface area contributed by atoms with Gasteiger partial charge in [0.05, 0.1) is 31.5 Å². The molecule has 3 unspecified atom stereocenters. The van der Waals surface area contributed by atoms with E-state index in [1.54, 1.807) is 47.8 Å². The van der Waals surface area contributed by atoms with Crippen LogP contribution < -0.4 is 0 Å². The number of Topliss-reactive ketones (excluding diaryl/α,β-unsaturated/α-hetero) is 3. The van der Waals surface area contributed by atoms with Crippen molar-refractivity contribution in [2.45, 2.75) is 235 Å². The molecule has 0 radical (unpaired) electrons. The van der Waals surface area contributed by atoms with Crippen molar-refractivity contribution in [2.75, 3.05) is 47.7 Å². The number of nitrogens with zero attached hydrogens (tertiary/aromatic N) is 1. The lowest BCUT2D eigenvalue weighted by Gasteiger charge is -2.42. The zero-order valence-corrected chi connectivity index (χ0v) is 53.5. The number of rotatable bonds is 13. The highest BCUT2D eigenvalue weighted by Crippen LogP contribution is 2.39. The molecule has 510 valence electrons. The van der Waals surface area contributed by atoms with E-state index in [1.807, 2.05) is 44.2 Å². The first-order valence-electron chi connectivity index (χ1n) is 31.5. The zero-order chi connectivity index (χ0) is 66.5. The van der Waals surface area contributed by atoms with E-state index in [0.29, 0.717) is 56.9 Å². The monoisotopic (exact) mass is 1280 g/mol. The number of methoxy groups -OCH3 is 3. The first-order valence-corrected chi connectivity index (χ1v) is 31.5. The Kier molecular flexibility index (Phi) is 27.8. The van der Waals surface area contributed by atoms with Gasteiger partial charge in [0.2, 0.25) is 11.6 Å². The third-order valence-electron chi connectivity index (χ3n) is 18.9. The Morgan fingerprint density at radius 2 is 1.50 bits per heavy atom. The summed E-state index contributed by atoms with van der Waals surface area (Å²) in [6.07, 6.45) is -6.91. The maximum absolute atomic E-state index is 14.7. The van der Waals surface area contributed by atoms with Crippen molar-refractivity contribution in [3.05, 3.63) is 47.6 Å². The Labute approximate surface area is 526 Å². The molecule has 5 aliphatic heterocycles. The van der Waals surface area contributed by atoms with Gasteiger partial charge in [-0.05, 0) is 107 Å². The second-order valence-electron chi connectivity index (χ2n) is 25.7. The van der Waals surface area contributed by atoms with Crippen LogP contribution in [-0.2, 0) is 71.3 Å². The number of carbonyl (C=O) groups excluding carboxylic acids is 6. The van der Waals surface area contributed by atoms with Crippen molar-refractivity contribution in [1.29, 1.82) is 0 Å². The number of fused-ring (bicyclic) bond motifs is 3. The van der Waals surface area contributed by atoms with E-state index < -0.39 is 177 Å². The second kappa shape index (κ2) is 33.6. The molecule has 6 aliphatic rings. The molecule has 1 amide bonds. The van der Waals surface area contributed by atoms with Gasteiger partial charge in [-0.2, -0.15) is 0 Å². The molecule has 0 aromatic heterocycles. The quantitative estimate of drug-likeness (QED) is 0.0723. The molecule has 90 heavy (non-hydrogen) atoms. The first-order chi connectivity index (χ1) is 42.5. The van der Waals surface area contributed by atoms with Crippen LogP contribution in [-0.4, -0.2) is 243 Å². The van der Waals surface area contributed by atoms with Crippen LogP contribution in [0.5, 0.6) is 0 Å². The lowest BCUT2D eigenvalue weighted by molar-refractivity contribution is -0.310. The number of hydrogen-bond acceptors (Lipinski definition) is 25. The zero-order valence-electron chi connectivity index (χ0n) is 53.5. The average molecular weight is 1280 g/mol. The van der Waals surface area contributed by atoms with E-state index in [1.165, 1.54) is 14.2 Å². The molecule has 0 aromatic rings. The summed E-state index contributed by atoms with van der Waals surface area (Å²) in [4.78, 5) is 86.2. The highest BCUT2D eigenvalue weighted by atomic mass is 16.8. The number of piperidine rings is 1. The van der Waals surface area contributed by atoms with Gasteiger partial charge in [-0.15, -0.1) is 0 Å². The molecule has 1 saturated carbocycles. The maximum Gasteiger partial charge on any atom is 0.508 e. The number of hydrogen-bond donors (Lipinski definition) is 9. The summed E-state index contributed by atoms with van der Waals surface area (Å²) in [5.41, 5.74) is 1.13. The van der Waals surface area contributed by atoms with Crippen molar-refractivity contribution in [1.82, 2.24) is 4.90 Å². The highest BCUT2D eigenvalue weighted by Gasteiger charge is 2.56. The van der Waals surface area contributed by atoms with Crippen molar-refractivity contribution in [2.24, 2.45) is 35.5 Å². The number of aliphatic hydroxyl groups excluding tert-OH is 7. The average Bonchev–Trinajstić information content (AvgIpc) is 1.03.